The standard InChI is InChI=1S/C47H80N2O4.2BrH/c1-3-5-7-9-11-13-15-17-19-21-23-25-30-46(50)52-42-40-48-36-32-44(33-37-48)28-27-29-45-34-38-49(39-35-45)41-43-53-47(51)31-26-24-22-20-18-16-14-12-10-8-6-4-2;;/h32-39H,3-31,40-43H2,1-2H3;2*1H/q+2;;/p-2. The summed E-state index contributed by atoms with van der Waals surface area (Å²) in [5.74, 6) is -0.131. The first-order valence-electron chi connectivity index (χ1n) is 22.4. The van der Waals surface area contributed by atoms with Gasteiger partial charge < -0.3 is 43.4 Å². The van der Waals surface area contributed by atoms with Gasteiger partial charge in [0.25, 0.3) is 0 Å². The molecule has 316 valence electrons. The number of hydrogen-bond donors (Lipinski definition) is 0. The fraction of sp³-hybridized carbons (Fsp3) is 0.745. The molecular weight excluding hydrogens is 816 g/mol. The average Bonchev–Trinajstić information content (AvgIpc) is 3.17. The van der Waals surface area contributed by atoms with Gasteiger partial charge in [0, 0.05) is 37.1 Å². The SMILES string of the molecule is CCCCCCCCCCCCCCC(=O)OCC[n+]1ccc(CCCc2cc[n+](CCOC(=O)CCCCCCCCCCCCCC)cc2)cc1.[Br-].[Br-]. The van der Waals surface area contributed by atoms with Gasteiger partial charge in [0.1, 0.15) is 0 Å². The largest absolute Gasteiger partial charge is 1.00 e. The number of halogens is 2. The molecular formula is C47H80Br2N2O4. The van der Waals surface area contributed by atoms with Crippen molar-refractivity contribution in [3.05, 3.63) is 60.2 Å². The van der Waals surface area contributed by atoms with Gasteiger partial charge in [-0.15, -0.1) is 0 Å². The minimum Gasteiger partial charge on any atom is -1.00 e. The Balaban J connectivity index is 0.0000146. The number of ether oxygens (including phenoxy) is 2. The summed E-state index contributed by atoms with van der Waals surface area (Å²) in [4.78, 5) is 24.3. The molecule has 0 unspecified atom stereocenters. The van der Waals surface area contributed by atoms with Gasteiger partial charge in [0.05, 0.1) is 0 Å². The van der Waals surface area contributed by atoms with E-state index in [1.165, 1.54) is 140 Å². The molecule has 0 N–H and O–H groups in total. The van der Waals surface area contributed by atoms with Gasteiger partial charge in [-0.2, -0.15) is 0 Å². The number of nitrogens with zero attached hydrogens (tertiary/aromatic N) is 2. The van der Waals surface area contributed by atoms with E-state index >= 15 is 0 Å². The first-order valence-corrected chi connectivity index (χ1v) is 22.4. The average molecular weight is 897 g/mol. The Morgan fingerprint density at radius 2 is 0.691 bits per heavy atom. The van der Waals surface area contributed by atoms with Crippen LogP contribution in [0, 0.1) is 0 Å². The van der Waals surface area contributed by atoms with E-state index in [4.69, 9.17) is 9.47 Å². The van der Waals surface area contributed by atoms with E-state index in [1.54, 1.807) is 0 Å². The Morgan fingerprint density at radius 3 is 0.982 bits per heavy atom. The maximum absolute atomic E-state index is 12.1. The molecule has 0 saturated heterocycles. The van der Waals surface area contributed by atoms with Crippen molar-refractivity contribution in [1.29, 1.82) is 0 Å². The van der Waals surface area contributed by atoms with Gasteiger partial charge in [-0.1, -0.05) is 155 Å². The van der Waals surface area contributed by atoms with Gasteiger partial charge in [0.2, 0.25) is 0 Å². The number of pyridine rings is 2. The number of carbonyl (C=O) groups is 2. The van der Waals surface area contributed by atoms with Crippen molar-refractivity contribution in [3.63, 3.8) is 0 Å². The highest BCUT2D eigenvalue weighted by Crippen LogP contribution is 2.14. The lowest BCUT2D eigenvalue weighted by Gasteiger charge is -2.05. The molecule has 0 fully saturated rings. The predicted molar refractivity (Wildman–Crippen MR) is 219 cm³/mol. The predicted octanol–water partition coefficient (Wildman–Crippen LogP) is 5.71. The van der Waals surface area contributed by atoms with Crippen molar-refractivity contribution < 1.29 is 62.2 Å². The number of esters is 2. The van der Waals surface area contributed by atoms with Crippen molar-refractivity contribution in [1.82, 2.24) is 0 Å². The second kappa shape index (κ2) is 39.0. The molecule has 8 heteroatoms. The van der Waals surface area contributed by atoms with E-state index in [1.807, 2.05) is 0 Å². The van der Waals surface area contributed by atoms with Crippen molar-refractivity contribution in [2.24, 2.45) is 0 Å². The molecule has 0 spiro atoms. The number of hydrogen-bond acceptors (Lipinski definition) is 4. The van der Waals surface area contributed by atoms with E-state index in [9.17, 15) is 9.59 Å². The Kier molecular flexibility index (Phi) is 37.8. The molecule has 2 heterocycles. The lowest BCUT2D eigenvalue weighted by Crippen LogP contribution is -3.00. The molecule has 0 aliphatic rings. The van der Waals surface area contributed by atoms with Gasteiger partial charge in [0.15, 0.2) is 51.1 Å². The summed E-state index contributed by atoms with van der Waals surface area (Å²) in [6.07, 6.45) is 43.8. The van der Waals surface area contributed by atoms with Crippen LogP contribution in [0.2, 0.25) is 0 Å². The number of aryl methyl sites for hydroxylation is 2. The summed E-state index contributed by atoms with van der Waals surface area (Å²) in [6, 6.07) is 8.69. The Labute approximate surface area is 358 Å². The van der Waals surface area contributed by atoms with Gasteiger partial charge >= 0.3 is 11.9 Å². The minimum atomic E-state index is -0.0654. The minimum absolute atomic E-state index is 0. The quantitative estimate of drug-likeness (QED) is 0.0500. The van der Waals surface area contributed by atoms with Gasteiger partial charge in [-0.05, 0) is 43.2 Å². The summed E-state index contributed by atoms with van der Waals surface area (Å²) in [6.45, 7) is 6.77. The second-order valence-electron chi connectivity index (χ2n) is 15.5. The van der Waals surface area contributed by atoms with Crippen molar-refractivity contribution in [3.8, 4) is 0 Å². The molecule has 0 aliphatic heterocycles. The van der Waals surface area contributed by atoms with Crippen LogP contribution in [0.1, 0.15) is 198 Å². The van der Waals surface area contributed by atoms with Crippen LogP contribution in [-0.4, -0.2) is 25.2 Å². The zero-order chi connectivity index (χ0) is 37.9. The molecule has 0 aliphatic carbocycles. The van der Waals surface area contributed by atoms with Crippen LogP contribution in [0.3, 0.4) is 0 Å². The molecule has 0 radical (unpaired) electrons. The van der Waals surface area contributed by atoms with E-state index < -0.39 is 0 Å². The normalized spacial score (nSPS) is 10.8. The summed E-state index contributed by atoms with van der Waals surface area (Å²) in [7, 11) is 0. The molecule has 2 rings (SSSR count). The highest BCUT2D eigenvalue weighted by Gasteiger charge is 2.08. The van der Waals surface area contributed by atoms with Gasteiger partial charge in [-0.3, -0.25) is 9.59 Å². The smallest absolute Gasteiger partial charge is 0.306 e. The van der Waals surface area contributed by atoms with Crippen molar-refractivity contribution in [2.75, 3.05) is 13.2 Å². The Morgan fingerprint density at radius 1 is 0.418 bits per heavy atom. The molecule has 0 saturated carbocycles. The van der Waals surface area contributed by atoms with Crippen molar-refractivity contribution in [2.45, 2.75) is 213 Å². The Hall–Kier alpha value is -1.80. The van der Waals surface area contributed by atoms with Crippen LogP contribution in [-0.2, 0) is 45.0 Å². The molecule has 0 amide bonds. The van der Waals surface area contributed by atoms with E-state index in [0.717, 1.165) is 44.9 Å². The fourth-order valence-corrected chi connectivity index (χ4v) is 7.00. The van der Waals surface area contributed by atoms with E-state index in [0.29, 0.717) is 39.1 Å². The fourth-order valence-electron chi connectivity index (χ4n) is 7.00. The van der Waals surface area contributed by atoms with E-state index in [-0.39, 0.29) is 45.9 Å². The topological polar surface area (TPSA) is 60.4 Å². The first kappa shape index (κ1) is 53.2. The molecule has 0 aromatic carbocycles. The second-order valence-corrected chi connectivity index (χ2v) is 15.5. The number of unbranched alkanes of at least 4 members (excludes halogenated alkanes) is 22. The summed E-state index contributed by atoms with van der Waals surface area (Å²) >= 11 is 0. The van der Waals surface area contributed by atoms with E-state index in [2.05, 4.69) is 72.0 Å². The maximum atomic E-state index is 12.1. The highest BCUT2D eigenvalue weighted by atomic mass is 79.9. The van der Waals surface area contributed by atoms with Crippen LogP contribution in [0.15, 0.2) is 49.1 Å². The maximum Gasteiger partial charge on any atom is 0.306 e. The molecule has 2 aromatic rings. The zero-order valence-corrected chi connectivity index (χ0v) is 38.4. The number of aromatic nitrogens is 2. The molecule has 0 atom stereocenters. The number of carbonyl (C=O) groups excluding carboxylic acids is 2. The van der Waals surface area contributed by atoms with Crippen molar-refractivity contribution >= 4 is 11.9 Å². The molecule has 0 bridgehead atoms. The molecule has 2 aromatic heterocycles. The lowest BCUT2D eigenvalue weighted by atomic mass is 10.0. The number of rotatable bonds is 36. The first-order chi connectivity index (χ1) is 26.1. The molecule has 55 heavy (non-hydrogen) atoms. The highest BCUT2D eigenvalue weighted by molar-refractivity contribution is 5.69. The zero-order valence-electron chi connectivity index (χ0n) is 35.2. The third-order valence-electron chi connectivity index (χ3n) is 10.5. The third kappa shape index (κ3) is 31.9. The summed E-state index contributed by atoms with van der Waals surface area (Å²) in [5.41, 5.74) is 2.64. The van der Waals surface area contributed by atoms with Crippen LogP contribution < -0.4 is 43.1 Å². The van der Waals surface area contributed by atoms with Crippen LogP contribution in [0.4, 0.5) is 0 Å². The van der Waals surface area contributed by atoms with Crippen LogP contribution in [0.25, 0.3) is 0 Å². The third-order valence-corrected chi connectivity index (χ3v) is 10.5. The summed E-state index contributed by atoms with van der Waals surface area (Å²) in [5, 5.41) is 0. The Bertz CT molecular complexity index is 1060. The summed E-state index contributed by atoms with van der Waals surface area (Å²) < 4.78 is 15.2. The van der Waals surface area contributed by atoms with Crippen LogP contribution in [0.5, 0.6) is 0 Å². The lowest BCUT2D eigenvalue weighted by molar-refractivity contribution is -0.698. The van der Waals surface area contributed by atoms with Crippen LogP contribution >= 0.6 is 0 Å². The monoisotopic (exact) mass is 894 g/mol. The molecule has 6 nitrogen and oxygen atoms in total. The van der Waals surface area contributed by atoms with Gasteiger partial charge in [-0.25, -0.2) is 9.13 Å².